The highest BCUT2D eigenvalue weighted by molar-refractivity contribution is 5.28. The van der Waals surface area contributed by atoms with Gasteiger partial charge in [-0.05, 0) is 114 Å². The molecule has 2 N–H and O–H groups in total. The van der Waals surface area contributed by atoms with E-state index < -0.39 is 5.79 Å². The molecular weight excluding hydrogens is 605 g/mol. The minimum atomic E-state index is -0.422. The lowest BCUT2D eigenvalue weighted by Gasteiger charge is -2.62. The summed E-state index contributed by atoms with van der Waals surface area (Å²) in [7, 11) is 2.34. The Morgan fingerprint density at radius 2 is 1.10 bits per heavy atom. The van der Waals surface area contributed by atoms with Crippen LogP contribution in [-0.2, 0) is 0 Å². The van der Waals surface area contributed by atoms with E-state index in [9.17, 15) is 0 Å². The standard InChI is InChI=1S/C41H80N8/c1-13-16-19-20-21-22-23-24-25-41(45-36-43-32-42-33-44-36,48(26-17-14-2)34-28-37(4,5)46-38(6,7)29-34)49(27-18-15-3)35-30-39(8,9)47(12)40(10,11)31-35/h32-35,46H,13-31H2,1-12H3,(H,42,43,44,45). The molecule has 284 valence electrons. The van der Waals surface area contributed by atoms with Gasteiger partial charge in [0.05, 0.1) is 0 Å². The van der Waals surface area contributed by atoms with Crippen LogP contribution >= 0.6 is 0 Å². The fourth-order valence-electron chi connectivity index (χ4n) is 9.67. The van der Waals surface area contributed by atoms with Crippen LogP contribution in [0, 0.1) is 0 Å². The predicted molar refractivity (Wildman–Crippen MR) is 210 cm³/mol. The second-order valence-electron chi connectivity index (χ2n) is 18.4. The number of anilines is 1. The molecule has 1 aromatic rings. The number of aromatic nitrogens is 3. The third kappa shape index (κ3) is 11.8. The van der Waals surface area contributed by atoms with Gasteiger partial charge in [0.1, 0.15) is 12.7 Å². The van der Waals surface area contributed by atoms with E-state index in [0.717, 1.165) is 45.2 Å². The van der Waals surface area contributed by atoms with Crippen LogP contribution in [0.25, 0.3) is 0 Å². The Labute approximate surface area is 303 Å². The van der Waals surface area contributed by atoms with Gasteiger partial charge >= 0.3 is 0 Å². The fourth-order valence-corrected chi connectivity index (χ4v) is 9.67. The largest absolute Gasteiger partial charge is 0.323 e. The van der Waals surface area contributed by atoms with Crippen LogP contribution in [-0.4, -0.2) is 89.8 Å². The van der Waals surface area contributed by atoms with Crippen LogP contribution in [0.3, 0.4) is 0 Å². The molecule has 0 amide bonds. The third-order valence-corrected chi connectivity index (χ3v) is 12.0. The first kappa shape index (κ1) is 42.1. The minimum absolute atomic E-state index is 0.0417. The van der Waals surface area contributed by atoms with E-state index in [-0.39, 0.29) is 22.2 Å². The normalized spacial score (nSPS) is 22.4. The topological polar surface area (TPSA) is 72.4 Å². The smallest absolute Gasteiger partial charge is 0.228 e. The molecular formula is C41H80N8. The molecule has 3 heterocycles. The molecule has 1 unspecified atom stereocenters. The predicted octanol–water partition coefficient (Wildman–Crippen LogP) is 9.63. The number of unbranched alkanes of at least 4 members (excludes halogenated alkanes) is 9. The van der Waals surface area contributed by atoms with E-state index in [1.807, 2.05) is 0 Å². The molecule has 8 heteroatoms. The van der Waals surface area contributed by atoms with Gasteiger partial charge in [0, 0.05) is 47.3 Å². The number of rotatable bonds is 21. The molecule has 1 aromatic heterocycles. The van der Waals surface area contributed by atoms with Gasteiger partial charge < -0.3 is 10.6 Å². The lowest BCUT2D eigenvalue weighted by atomic mass is 9.75. The lowest BCUT2D eigenvalue weighted by Crippen LogP contribution is -2.75. The zero-order chi connectivity index (χ0) is 36.3. The van der Waals surface area contributed by atoms with E-state index in [4.69, 9.17) is 9.97 Å². The van der Waals surface area contributed by atoms with Crippen molar-refractivity contribution in [1.29, 1.82) is 0 Å². The summed E-state index contributed by atoms with van der Waals surface area (Å²) in [4.78, 5) is 22.4. The number of hydrogen-bond donors (Lipinski definition) is 2. The average Bonchev–Trinajstić information content (AvgIpc) is 3.00. The average molecular weight is 685 g/mol. The lowest BCUT2D eigenvalue weighted by molar-refractivity contribution is -0.139. The van der Waals surface area contributed by atoms with Crippen molar-refractivity contribution in [2.24, 2.45) is 0 Å². The highest BCUT2D eigenvalue weighted by atomic mass is 15.5. The highest BCUT2D eigenvalue weighted by Gasteiger charge is 2.54. The van der Waals surface area contributed by atoms with Crippen LogP contribution < -0.4 is 10.6 Å². The number of likely N-dealkylation sites (tertiary alicyclic amines) is 1. The molecule has 2 fully saturated rings. The molecule has 8 nitrogen and oxygen atoms in total. The number of hydrogen-bond acceptors (Lipinski definition) is 8. The first-order valence-corrected chi connectivity index (χ1v) is 20.5. The van der Waals surface area contributed by atoms with Crippen LogP contribution in [0.1, 0.15) is 185 Å². The van der Waals surface area contributed by atoms with Crippen LogP contribution in [0.4, 0.5) is 5.95 Å². The Bertz CT molecular complexity index is 1040. The SMILES string of the molecule is CCCCCCCCCCC(Nc1ncncn1)(N(CCCC)C1CC(C)(C)NC(C)(C)C1)N(CCCC)C1CC(C)(C)N(C)C(C)(C)C1. The molecule has 0 saturated carbocycles. The van der Waals surface area contributed by atoms with Gasteiger partial charge in [-0.25, -0.2) is 15.0 Å². The summed E-state index contributed by atoms with van der Waals surface area (Å²) in [5.74, 6) is 0.283. The third-order valence-electron chi connectivity index (χ3n) is 12.0. The van der Waals surface area contributed by atoms with Gasteiger partial charge in [-0.2, -0.15) is 0 Å². The first-order chi connectivity index (χ1) is 23.0. The van der Waals surface area contributed by atoms with Gasteiger partial charge in [0.2, 0.25) is 5.95 Å². The Morgan fingerprint density at radius 1 is 0.673 bits per heavy atom. The summed E-state index contributed by atoms with van der Waals surface area (Å²) in [6, 6.07) is 0.834. The van der Waals surface area contributed by atoms with Gasteiger partial charge in [0.25, 0.3) is 0 Å². The molecule has 2 saturated heterocycles. The second-order valence-corrected chi connectivity index (χ2v) is 18.4. The highest BCUT2D eigenvalue weighted by Crippen LogP contribution is 2.45. The molecule has 0 aliphatic carbocycles. The van der Waals surface area contributed by atoms with Gasteiger partial charge in [0.15, 0.2) is 5.79 Å². The van der Waals surface area contributed by atoms with Crippen LogP contribution in [0.5, 0.6) is 0 Å². The van der Waals surface area contributed by atoms with Crippen molar-refractivity contribution in [2.45, 2.75) is 225 Å². The Kier molecular flexibility index (Phi) is 15.8. The fraction of sp³-hybridized carbons (Fsp3) is 0.927. The molecule has 2 aliphatic heterocycles. The quantitative estimate of drug-likeness (QED) is 0.0980. The summed E-state index contributed by atoms with van der Waals surface area (Å²) in [5, 5.41) is 8.21. The van der Waals surface area contributed by atoms with E-state index in [1.165, 1.54) is 77.0 Å². The van der Waals surface area contributed by atoms with E-state index in [2.05, 4.69) is 114 Å². The monoisotopic (exact) mass is 685 g/mol. The molecule has 3 rings (SSSR count). The summed E-state index contributed by atoms with van der Waals surface area (Å²) in [5.41, 5.74) is 0.253. The zero-order valence-electron chi connectivity index (χ0n) is 34.4. The van der Waals surface area contributed by atoms with Gasteiger partial charge in [-0.3, -0.25) is 14.7 Å². The maximum absolute atomic E-state index is 4.78. The zero-order valence-corrected chi connectivity index (χ0v) is 34.4. The van der Waals surface area contributed by atoms with Crippen molar-refractivity contribution in [1.82, 2.24) is 35.0 Å². The molecule has 0 spiro atoms. The van der Waals surface area contributed by atoms with E-state index >= 15 is 0 Å². The molecule has 0 bridgehead atoms. The van der Waals surface area contributed by atoms with Crippen molar-refractivity contribution in [3.05, 3.63) is 12.7 Å². The van der Waals surface area contributed by atoms with Crippen molar-refractivity contribution in [2.75, 3.05) is 25.5 Å². The maximum Gasteiger partial charge on any atom is 0.228 e. The molecule has 0 radical (unpaired) electrons. The summed E-state index contributed by atoms with van der Waals surface area (Å²) >= 11 is 0. The van der Waals surface area contributed by atoms with Crippen molar-refractivity contribution < 1.29 is 0 Å². The second kappa shape index (κ2) is 18.4. The van der Waals surface area contributed by atoms with Crippen LogP contribution in [0.15, 0.2) is 12.7 Å². The Morgan fingerprint density at radius 3 is 1.57 bits per heavy atom. The number of nitrogens with zero attached hydrogens (tertiary/aromatic N) is 6. The van der Waals surface area contributed by atoms with Crippen molar-refractivity contribution in [3.8, 4) is 0 Å². The minimum Gasteiger partial charge on any atom is -0.323 e. The summed E-state index contributed by atoms with van der Waals surface area (Å²) in [6.45, 7) is 28.6. The van der Waals surface area contributed by atoms with Gasteiger partial charge in [-0.1, -0.05) is 78.6 Å². The van der Waals surface area contributed by atoms with E-state index in [1.54, 1.807) is 12.7 Å². The first-order valence-electron chi connectivity index (χ1n) is 20.5. The molecule has 0 aromatic carbocycles. The molecule has 49 heavy (non-hydrogen) atoms. The Hall–Kier alpha value is -1.35. The molecule has 2 aliphatic rings. The van der Waals surface area contributed by atoms with Crippen molar-refractivity contribution >= 4 is 5.95 Å². The van der Waals surface area contributed by atoms with Crippen LogP contribution in [0.2, 0.25) is 0 Å². The summed E-state index contributed by atoms with van der Waals surface area (Å²) < 4.78 is 0. The van der Waals surface area contributed by atoms with Gasteiger partial charge in [-0.15, -0.1) is 0 Å². The number of piperidine rings is 2. The molecule has 1 atom stereocenters. The summed E-state index contributed by atoms with van der Waals surface area (Å²) in [6.07, 6.45) is 24.1. The van der Waals surface area contributed by atoms with E-state index in [0.29, 0.717) is 18.0 Å². The maximum atomic E-state index is 4.78. The van der Waals surface area contributed by atoms with Crippen molar-refractivity contribution in [3.63, 3.8) is 0 Å². The Balaban J connectivity index is 2.22. The number of nitrogens with one attached hydrogen (secondary N) is 2.